The number of nitrogens with zero attached hydrogens (tertiary/aromatic N) is 1. The molecular weight excluding hydrogens is 278 g/mol. The maximum atomic E-state index is 12.1. The van der Waals surface area contributed by atoms with Gasteiger partial charge in [-0.1, -0.05) is 11.8 Å². The quantitative estimate of drug-likeness (QED) is 0.852. The molecule has 0 aliphatic heterocycles. The van der Waals surface area contributed by atoms with Crippen molar-refractivity contribution in [2.24, 2.45) is 0 Å². The zero-order valence-corrected chi connectivity index (χ0v) is 13.0. The molecule has 0 saturated carbocycles. The van der Waals surface area contributed by atoms with E-state index in [-0.39, 0.29) is 5.91 Å². The molecule has 2 rings (SSSR count). The van der Waals surface area contributed by atoms with Crippen LogP contribution in [0.15, 0.2) is 22.5 Å². The molecule has 0 fully saturated rings. The van der Waals surface area contributed by atoms with E-state index in [1.165, 1.54) is 0 Å². The second-order valence-corrected chi connectivity index (χ2v) is 6.78. The molecule has 1 aromatic heterocycles. The van der Waals surface area contributed by atoms with Crippen molar-refractivity contribution >= 4 is 44.9 Å². The van der Waals surface area contributed by atoms with E-state index >= 15 is 0 Å². The first-order valence-electron chi connectivity index (χ1n) is 5.91. The maximum Gasteiger partial charge on any atom is 0.244 e. The number of aromatic nitrogens is 1. The minimum absolute atomic E-state index is 0.0519. The van der Waals surface area contributed by atoms with E-state index < -0.39 is 5.54 Å². The van der Waals surface area contributed by atoms with E-state index in [0.29, 0.717) is 0 Å². The molecule has 2 N–H and O–H groups in total. The number of carbonyl (C=O) groups is 1. The summed E-state index contributed by atoms with van der Waals surface area (Å²) in [6.07, 6.45) is 2.01. The highest BCUT2D eigenvalue weighted by atomic mass is 32.2. The van der Waals surface area contributed by atoms with E-state index in [1.54, 1.807) is 30.1 Å². The molecule has 2 aromatic rings. The van der Waals surface area contributed by atoms with Crippen LogP contribution in [0.25, 0.3) is 10.2 Å². The van der Waals surface area contributed by atoms with Gasteiger partial charge in [-0.05, 0) is 45.4 Å². The lowest BCUT2D eigenvalue weighted by atomic mass is 10.1. The van der Waals surface area contributed by atoms with Gasteiger partial charge < -0.3 is 10.6 Å². The lowest BCUT2D eigenvalue weighted by molar-refractivity contribution is -0.121. The van der Waals surface area contributed by atoms with Gasteiger partial charge in [0.25, 0.3) is 0 Å². The minimum atomic E-state index is -0.590. The first-order valence-corrected chi connectivity index (χ1v) is 7.95. The number of benzene rings is 1. The number of nitrogens with one attached hydrogen (secondary N) is 2. The smallest absolute Gasteiger partial charge is 0.244 e. The molecular formula is C13H17N3OS2. The third-order valence-corrected chi connectivity index (χ3v) is 5.00. The molecule has 1 aromatic carbocycles. The molecule has 0 unspecified atom stereocenters. The summed E-state index contributed by atoms with van der Waals surface area (Å²) in [7, 11) is 1.77. The summed E-state index contributed by atoms with van der Waals surface area (Å²) in [5.74, 6) is -0.0519. The van der Waals surface area contributed by atoms with Gasteiger partial charge in [-0.2, -0.15) is 0 Å². The summed E-state index contributed by atoms with van der Waals surface area (Å²) in [6, 6.07) is 5.79. The van der Waals surface area contributed by atoms with Gasteiger partial charge in [0.15, 0.2) is 4.34 Å². The molecule has 0 saturated heterocycles. The normalized spacial score (nSPS) is 11.8. The zero-order valence-electron chi connectivity index (χ0n) is 11.4. The largest absolute Gasteiger partial charge is 0.324 e. The Labute approximate surface area is 121 Å². The number of likely N-dealkylation sites (N-methyl/N-ethyl adjacent to an activating group) is 1. The molecule has 0 bridgehead atoms. The van der Waals surface area contributed by atoms with Gasteiger partial charge in [-0.25, -0.2) is 4.98 Å². The van der Waals surface area contributed by atoms with Crippen molar-refractivity contribution in [2.75, 3.05) is 18.6 Å². The van der Waals surface area contributed by atoms with Crippen LogP contribution in [0, 0.1) is 0 Å². The summed E-state index contributed by atoms with van der Waals surface area (Å²) in [5.41, 5.74) is 1.19. The number of amides is 1. The minimum Gasteiger partial charge on any atom is -0.324 e. The molecule has 0 radical (unpaired) electrons. The topological polar surface area (TPSA) is 54.0 Å². The number of thiazole rings is 1. The van der Waals surface area contributed by atoms with Crippen LogP contribution in [0.5, 0.6) is 0 Å². The van der Waals surface area contributed by atoms with Crippen LogP contribution in [-0.2, 0) is 4.79 Å². The van der Waals surface area contributed by atoms with Crippen molar-refractivity contribution in [1.29, 1.82) is 0 Å². The Bertz CT molecular complexity index is 607. The number of hydrogen-bond donors (Lipinski definition) is 2. The fraction of sp³-hybridized carbons (Fsp3) is 0.385. The first-order chi connectivity index (χ1) is 8.96. The third kappa shape index (κ3) is 3.08. The van der Waals surface area contributed by atoms with E-state index in [9.17, 15) is 4.79 Å². The highest BCUT2D eigenvalue weighted by Crippen LogP contribution is 2.30. The summed E-state index contributed by atoms with van der Waals surface area (Å²) < 4.78 is 2.12. The number of rotatable bonds is 4. The van der Waals surface area contributed by atoms with Crippen molar-refractivity contribution in [1.82, 2.24) is 10.3 Å². The number of carbonyl (C=O) groups excluding carboxylic acids is 1. The van der Waals surface area contributed by atoms with E-state index in [0.717, 1.165) is 20.2 Å². The van der Waals surface area contributed by atoms with Gasteiger partial charge in [0, 0.05) is 5.69 Å². The lowest BCUT2D eigenvalue weighted by Crippen LogP contribution is -2.47. The first kappa shape index (κ1) is 14.3. The Kier molecular flexibility index (Phi) is 4.13. The van der Waals surface area contributed by atoms with Gasteiger partial charge in [0.1, 0.15) is 0 Å². The molecule has 4 nitrogen and oxygen atoms in total. The highest BCUT2D eigenvalue weighted by molar-refractivity contribution is 8.00. The standard InChI is InChI=1S/C13H17N3OS2/c1-13(2,14-3)11(17)15-8-5-6-9-10(7-8)19-12(16-9)18-4/h5-7,14H,1-4H3,(H,15,17). The Morgan fingerprint density at radius 2 is 2.16 bits per heavy atom. The fourth-order valence-electron chi connectivity index (χ4n) is 1.47. The second kappa shape index (κ2) is 5.48. The average Bonchev–Trinajstić information content (AvgIpc) is 2.80. The van der Waals surface area contributed by atoms with Gasteiger partial charge in [0.2, 0.25) is 5.91 Å². The monoisotopic (exact) mass is 295 g/mol. The molecule has 1 amide bonds. The molecule has 0 spiro atoms. The predicted octanol–water partition coefficient (Wildman–Crippen LogP) is 2.95. The van der Waals surface area contributed by atoms with E-state index in [2.05, 4.69) is 15.6 Å². The van der Waals surface area contributed by atoms with Crippen LogP contribution in [0.4, 0.5) is 5.69 Å². The summed E-state index contributed by atoms with van der Waals surface area (Å²) in [5, 5.41) is 5.91. The molecule has 19 heavy (non-hydrogen) atoms. The van der Waals surface area contributed by atoms with Crippen LogP contribution >= 0.6 is 23.1 Å². The van der Waals surface area contributed by atoms with Gasteiger partial charge in [-0.3, -0.25) is 4.79 Å². The molecule has 0 aliphatic rings. The van der Waals surface area contributed by atoms with Crippen LogP contribution in [0.2, 0.25) is 0 Å². The Hall–Kier alpha value is -1.11. The lowest BCUT2D eigenvalue weighted by Gasteiger charge is -2.22. The molecule has 0 atom stereocenters. The van der Waals surface area contributed by atoms with Gasteiger partial charge >= 0.3 is 0 Å². The Morgan fingerprint density at radius 3 is 2.79 bits per heavy atom. The maximum absolute atomic E-state index is 12.1. The van der Waals surface area contributed by atoms with Gasteiger partial charge in [-0.15, -0.1) is 11.3 Å². The van der Waals surface area contributed by atoms with Crippen LogP contribution < -0.4 is 10.6 Å². The second-order valence-electron chi connectivity index (χ2n) is 4.70. The number of anilines is 1. The summed E-state index contributed by atoms with van der Waals surface area (Å²) in [6.45, 7) is 3.69. The van der Waals surface area contributed by atoms with Crippen molar-refractivity contribution in [3.05, 3.63) is 18.2 Å². The van der Waals surface area contributed by atoms with Crippen molar-refractivity contribution < 1.29 is 4.79 Å². The number of hydrogen-bond acceptors (Lipinski definition) is 5. The summed E-state index contributed by atoms with van der Waals surface area (Å²) >= 11 is 3.27. The highest BCUT2D eigenvalue weighted by Gasteiger charge is 2.25. The van der Waals surface area contributed by atoms with Crippen molar-refractivity contribution in [2.45, 2.75) is 23.7 Å². The van der Waals surface area contributed by atoms with Crippen LogP contribution in [0.3, 0.4) is 0 Å². The molecule has 1 heterocycles. The van der Waals surface area contributed by atoms with E-state index in [4.69, 9.17) is 0 Å². The Balaban J connectivity index is 2.24. The van der Waals surface area contributed by atoms with Crippen molar-refractivity contribution in [3.63, 3.8) is 0 Å². The van der Waals surface area contributed by atoms with E-state index in [1.807, 2.05) is 38.3 Å². The third-order valence-electron chi connectivity index (χ3n) is 2.99. The van der Waals surface area contributed by atoms with Gasteiger partial charge in [0.05, 0.1) is 15.8 Å². The van der Waals surface area contributed by atoms with Crippen LogP contribution in [-0.4, -0.2) is 29.7 Å². The zero-order chi connectivity index (χ0) is 14.0. The number of thioether (sulfide) groups is 1. The number of fused-ring (bicyclic) bond motifs is 1. The Morgan fingerprint density at radius 1 is 1.42 bits per heavy atom. The molecule has 0 aliphatic carbocycles. The SMILES string of the molecule is CNC(C)(C)C(=O)Nc1ccc2nc(SC)sc2c1. The molecule has 6 heteroatoms. The van der Waals surface area contributed by atoms with Crippen molar-refractivity contribution in [3.8, 4) is 0 Å². The summed E-state index contributed by atoms with van der Waals surface area (Å²) in [4.78, 5) is 16.5. The fourth-order valence-corrected chi connectivity index (χ4v) is 3.00. The molecule has 102 valence electrons. The average molecular weight is 295 g/mol. The van der Waals surface area contributed by atoms with Crippen LogP contribution in [0.1, 0.15) is 13.8 Å². The predicted molar refractivity (Wildman–Crippen MR) is 83.2 cm³/mol.